The van der Waals surface area contributed by atoms with Crippen LogP contribution in [0.4, 0.5) is 11.6 Å². The molecule has 0 bridgehead atoms. The SMILES string of the molecule is N#Cc1c(N)ncnc1N1CCCC1c1nn2ccc(Cl)c2c(=O)n1Cc1ccccn1. The Bertz CT molecular complexity index is 1410. The summed E-state index contributed by atoms with van der Waals surface area (Å²) in [6.45, 7) is 0.876. The number of rotatable bonds is 4. The fourth-order valence-electron chi connectivity index (χ4n) is 4.13. The monoisotopic (exact) mass is 447 g/mol. The van der Waals surface area contributed by atoms with Crippen LogP contribution in [0.3, 0.4) is 0 Å². The molecule has 4 aromatic heterocycles. The van der Waals surface area contributed by atoms with Gasteiger partial charge in [0.15, 0.2) is 11.6 Å². The molecule has 1 aliphatic rings. The first-order valence-corrected chi connectivity index (χ1v) is 10.4. The van der Waals surface area contributed by atoms with E-state index in [0.717, 1.165) is 18.5 Å². The number of nitrogen functional groups attached to an aromatic ring is 1. The molecular formula is C21H18ClN9O. The van der Waals surface area contributed by atoms with Gasteiger partial charge in [-0.25, -0.2) is 14.5 Å². The molecule has 4 aromatic rings. The molecule has 1 atom stereocenters. The Morgan fingerprint density at radius 1 is 1.25 bits per heavy atom. The van der Waals surface area contributed by atoms with Crippen LogP contribution in [0.25, 0.3) is 5.52 Å². The molecule has 0 saturated carbocycles. The number of aromatic nitrogens is 6. The van der Waals surface area contributed by atoms with Gasteiger partial charge in [0.05, 0.1) is 23.3 Å². The average Bonchev–Trinajstić information content (AvgIpc) is 3.43. The quantitative estimate of drug-likeness (QED) is 0.503. The number of nitrogens with two attached hydrogens (primary N) is 1. The molecule has 0 amide bonds. The van der Waals surface area contributed by atoms with Crippen molar-refractivity contribution in [3.8, 4) is 6.07 Å². The number of halogens is 1. The van der Waals surface area contributed by atoms with Crippen LogP contribution in [-0.4, -0.2) is 35.7 Å². The summed E-state index contributed by atoms with van der Waals surface area (Å²) in [5.74, 6) is 1.10. The van der Waals surface area contributed by atoms with Gasteiger partial charge in [-0.05, 0) is 31.0 Å². The largest absolute Gasteiger partial charge is 0.382 e. The van der Waals surface area contributed by atoms with Gasteiger partial charge in [0.1, 0.15) is 29.3 Å². The highest BCUT2D eigenvalue weighted by atomic mass is 35.5. The highest BCUT2D eigenvalue weighted by Gasteiger charge is 2.34. The van der Waals surface area contributed by atoms with Gasteiger partial charge < -0.3 is 10.6 Å². The molecule has 10 nitrogen and oxygen atoms in total. The molecule has 2 N–H and O–H groups in total. The Hall–Kier alpha value is -3.97. The van der Waals surface area contributed by atoms with E-state index < -0.39 is 0 Å². The minimum atomic E-state index is -0.293. The Morgan fingerprint density at radius 3 is 2.91 bits per heavy atom. The summed E-state index contributed by atoms with van der Waals surface area (Å²) >= 11 is 6.28. The standard InChI is InChI=1S/C21H18ClN9O/c22-15-6-9-31-17(15)21(32)30(11-13-4-1-2-7-25-13)20(28-31)16-5-3-8-29(16)19-14(10-23)18(24)26-12-27-19/h1-2,4,6-7,9,12,16H,3,5,8,11H2,(H2,24,26,27). The molecule has 1 aliphatic heterocycles. The van der Waals surface area contributed by atoms with Crippen LogP contribution >= 0.6 is 11.6 Å². The number of hydrogen-bond acceptors (Lipinski definition) is 8. The zero-order chi connectivity index (χ0) is 22.2. The second kappa shape index (κ2) is 7.94. The van der Waals surface area contributed by atoms with Crippen molar-refractivity contribution in [3.05, 3.63) is 75.4 Å². The second-order valence-corrected chi connectivity index (χ2v) is 7.86. The fraction of sp³-hybridized carbons (Fsp3) is 0.238. The molecule has 0 radical (unpaired) electrons. The molecule has 160 valence electrons. The van der Waals surface area contributed by atoms with Gasteiger partial charge in [-0.1, -0.05) is 17.7 Å². The Morgan fingerprint density at radius 2 is 2.12 bits per heavy atom. The van der Waals surface area contributed by atoms with Crippen molar-refractivity contribution in [1.29, 1.82) is 5.26 Å². The number of pyridine rings is 1. The van der Waals surface area contributed by atoms with E-state index in [1.807, 2.05) is 23.1 Å². The van der Waals surface area contributed by atoms with Gasteiger partial charge in [0, 0.05) is 18.9 Å². The van der Waals surface area contributed by atoms with E-state index in [2.05, 4.69) is 21.0 Å². The van der Waals surface area contributed by atoms with E-state index in [9.17, 15) is 10.1 Å². The molecule has 11 heteroatoms. The first-order chi connectivity index (χ1) is 15.6. The molecule has 0 spiro atoms. The molecule has 1 saturated heterocycles. The van der Waals surface area contributed by atoms with E-state index in [-0.39, 0.29) is 29.5 Å². The van der Waals surface area contributed by atoms with Crippen molar-refractivity contribution in [1.82, 2.24) is 29.1 Å². The van der Waals surface area contributed by atoms with Crippen molar-refractivity contribution >= 4 is 28.8 Å². The van der Waals surface area contributed by atoms with Crippen LogP contribution in [0, 0.1) is 11.3 Å². The summed E-state index contributed by atoms with van der Waals surface area (Å²) < 4.78 is 3.11. The third kappa shape index (κ3) is 3.23. The third-order valence-electron chi connectivity index (χ3n) is 5.59. The zero-order valence-corrected chi connectivity index (χ0v) is 17.6. The lowest BCUT2D eigenvalue weighted by Crippen LogP contribution is -2.34. The summed E-state index contributed by atoms with van der Waals surface area (Å²) in [4.78, 5) is 28.1. The van der Waals surface area contributed by atoms with Crippen LogP contribution in [0.1, 0.15) is 36.0 Å². The Labute approximate surface area is 187 Å². The summed E-state index contributed by atoms with van der Waals surface area (Å²) in [5.41, 5.74) is 6.90. The second-order valence-electron chi connectivity index (χ2n) is 7.45. The number of nitrogens with zero attached hydrogens (tertiary/aromatic N) is 8. The lowest BCUT2D eigenvalue weighted by Gasteiger charge is -2.27. The molecule has 32 heavy (non-hydrogen) atoms. The Balaban J connectivity index is 1.69. The maximum atomic E-state index is 13.5. The highest BCUT2D eigenvalue weighted by molar-refractivity contribution is 6.33. The summed E-state index contributed by atoms with van der Waals surface area (Å²) in [6, 6.07) is 8.99. The summed E-state index contributed by atoms with van der Waals surface area (Å²) in [5, 5.41) is 14.7. The number of fused-ring (bicyclic) bond motifs is 1. The van der Waals surface area contributed by atoms with Crippen LogP contribution in [-0.2, 0) is 6.54 Å². The lowest BCUT2D eigenvalue weighted by molar-refractivity contribution is 0.550. The Kier molecular flexibility index (Phi) is 4.95. The van der Waals surface area contributed by atoms with Crippen LogP contribution in [0.5, 0.6) is 0 Å². The predicted octanol–water partition coefficient (Wildman–Crippen LogP) is 2.18. The van der Waals surface area contributed by atoms with Crippen molar-refractivity contribution in [2.24, 2.45) is 0 Å². The van der Waals surface area contributed by atoms with E-state index in [0.29, 0.717) is 28.7 Å². The lowest BCUT2D eigenvalue weighted by atomic mass is 10.2. The van der Waals surface area contributed by atoms with Crippen LogP contribution < -0.4 is 16.2 Å². The smallest absolute Gasteiger partial charge is 0.279 e. The maximum absolute atomic E-state index is 13.5. The molecule has 1 fully saturated rings. The van der Waals surface area contributed by atoms with E-state index in [4.69, 9.17) is 22.4 Å². The van der Waals surface area contributed by atoms with Gasteiger partial charge in [-0.3, -0.25) is 14.3 Å². The van der Waals surface area contributed by atoms with Crippen molar-refractivity contribution in [2.75, 3.05) is 17.2 Å². The normalized spacial score (nSPS) is 15.9. The minimum absolute atomic E-state index is 0.120. The minimum Gasteiger partial charge on any atom is -0.382 e. The number of anilines is 2. The molecule has 5 heterocycles. The van der Waals surface area contributed by atoms with Crippen molar-refractivity contribution < 1.29 is 0 Å². The number of nitriles is 1. The molecule has 5 rings (SSSR count). The van der Waals surface area contributed by atoms with Gasteiger partial charge in [0.25, 0.3) is 5.56 Å². The average molecular weight is 448 g/mol. The van der Waals surface area contributed by atoms with Gasteiger partial charge in [0.2, 0.25) is 0 Å². The van der Waals surface area contributed by atoms with Gasteiger partial charge in [-0.15, -0.1) is 0 Å². The van der Waals surface area contributed by atoms with Crippen molar-refractivity contribution in [2.45, 2.75) is 25.4 Å². The van der Waals surface area contributed by atoms with Crippen molar-refractivity contribution in [3.63, 3.8) is 0 Å². The molecule has 0 aliphatic carbocycles. The predicted molar refractivity (Wildman–Crippen MR) is 118 cm³/mol. The van der Waals surface area contributed by atoms with E-state index in [1.54, 1.807) is 23.0 Å². The van der Waals surface area contributed by atoms with E-state index >= 15 is 0 Å². The third-order valence-corrected chi connectivity index (χ3v) is 5.89. The molecule has 1 unspecified atom stereocenters. The van der Waals surface area contributed by atoms with Crippen LogP contribution in [0.15, 0.2) is 47.8 Å². The van der Waals surface area contributed by atoms with Gasteiger partial charge in [-0.2, -0.15) is 10.4 Å². The summed E-state index contributed by atoms with van der Waals surface area (Å²) in [6.07, 6.45) is 6.24. The topological polar surface area (TPSA) is 131 Å². The summed E-state index contributed by atoms with van der Waals surface area (Å²) in [7, 11) is 0. The zero-order valence-electron chi connectivity index (χ0n) is 16.9. The first kappa shape index (κ1) is 20.0. The fourth-order valence-corrected chi connectivity index (χ4v) is 4.36. The molecular weight excluding hydrogens is 430 g/mol. The van der Waals surface area contributed by atoms with Crippen LogP contribution in [0.2, 0.25) is 5.02 Å². The van der Waals surface area contributed by atoms with E-state index in [1.165, 1.54) is 10.8 Å². The highest BCUT2D eigenvalue weighted by Crippen LogP contribution is 2.36. The van der Waals surface area contributed by atoms with Gasteiger partial charge >= 0.3 is 0 Å². The first-order valence-electron chi connectivity index (χ1n) is 10.0. The molecule has 0 aromatic carbocycles. The maximum Gasteiger partial charge on any atom is 0.279 e. The number of hydrogen-bond donors (Lipinski definition) is 1.